The highest BCUT2D eigenvalue weighted by atomic mass is 79.9. The van der Waals surface area contributed by atoms with Crippen LogP contribution >= 0.6 is 15.9 Å². The van der Waals surface area contributed by atoms with Crippen molar-refractivity contribution in [2.45, 2.75) is 33.0 Å². The number of carbonyl (C=O) groups is 1. The third-order valence-corrected chi connectivity index (χ3v) is 3.20. The summed E-state index contributed by atoms with van der Waals surface area (Å²) in [5.74, 6) is 4.76. The van der Waals surface area contributed by atoms with Crippen LogP contribution in [0.15, 0.2) is 22.7 Å². The van der Waals surface area contributed by atoms with Gasteiger partial charge in [-0.15, -0.1) is 0 Å². The van der Waals surface area contributed by atoms with Crippen molar-refractivity contribution in [1.29, 1.82) is 0 Å². The van der Waals surface area contributed by atoms with E-state index < -0.39 is 0 Å². The summed E-state index contributed by atoms with van der Waals surface area (Å²) in [6.45, 7) is 7.54. The van der Waals surface area contributed by atoms with E-state index in [2.05, 4.69) is 21.4 Å². The molecule has 0 aliphatic carbocycles. The minimum absolute atomic E-state index is 0.152. The lowest BCUT2D eigenvalue weighted by molar-refractivity contribution is -0.0377. The number of carbonyl (C=O) groups excluding carboxylic acids is 1. The van der Waals surface area contributed by atoms with Crippen molar-refractivity contribution in [3.63, 3.8) is 0 Å². The minimum Gasteiger partial charge on any atom is -0.374 e. The van der Waals surface area contributed by atoms with Crippen LogP contribution < -0.4 is 11.3 Å². The molecule has 1 rings (SSSR count). The van der Waals surface area contributed by atoms with E-state index in [1.165, 1.54) is 0 Å². The summed E-state index contributed by atoms with van der Waals surface area (Å²) in [6.07, 6.45) is 0. The number of nitrogens with two attached hydrogens (primary N) is 1. The fourth-order valence-corrected chi connectivity index (χ4v) is 1.97. The molecule has 1 amide bonds. The number of rotatable bonds is 6. The Hall–Kier alpha value is -0.950. The largest absolute Gasteiger partial charge is 0.374 e. The number of halogens is 1. The van der Waals surface area contributed by atoms with E-state index in [0.717, 1.165) is 10.0 Å². The summed E-state index contributed by atoms with van der Waals surface area (Å²) in [5, 5.41) is 0. The summed E-state index contributed by atoms with van der Waals surface area (Å²) >= 11 is 3.41. The van der Waals surface area contributed by atoms with Gasteiger partial charge in [-0.3, -0.25) is 10.2 Å². The number of benzene rings is 1. The molecule has 0 radical (unpaired) electrons. The zero-order valence-corrected chi connectivity index (χ0v) is 13.6. The Labute approximate surface area is 127 Å². The minimum atomic E-state index is -0.322. The molecule has 1 aromatic carbocycles. The van der Waals surface area contributed by atoms with Crippen molar-refractivity contribution < 1.29 is 14.3 Å². The van der Waals surface area contributed by atoms with Crippen molar-refractivity contribution in [3.8, 4) is 0 Å². The highest BCUT2D eigenvalue weighted by molar-refractivity contribution is 9.10. The molecule has 0 heterocycles. The molecule has 0 unspecified atom stereocenters. The van der Waals surface area contributed by atoms with Gasteiger partial charge in [0.1, 0.15) is 0 Å². The number of hydrogen-bond donors (Lipinski definition) is 2. The summed E-state index contributed by atoms with van der Waals surface area (Å²) in [4.78, 5) is 11.4. The maximum Gasteiger partial charge on any atom is 0.265 e. The van der Waals surface area contributed by atoms with Crippen LogP contribution in [0, 0.1) is 0 Å². The Morgan fingerprint density at radius 1 is 1.35 bits per heavy atom. The Morgan fingerprint density at radius 3 is 2.60 bits per heavy atom. The average Bonchev–Trinajstić information content (AvgIpc) is 2.37. The van der Waals surface area contributed by atoms with E-state index in [-0.39, 0.29) is 11.5 Å². The SMILES string of the molecule is CC(C)(C)OCCOCc1ccc(C(=O)NN)cc1Br. The van der Waals surface area contributed by atoms with E-state index in [4.69, 9.17) is 15.3 Å². The summed E-state index contributed by atoms with van der Waals surface area (Å²) in [6, 6.07) is 5.25. The van der Waals surface area contributed by atoms with Gasteiger partial charge in [-0.25, -0.2) is 5.84 Å². The van der Waals surface area contributed by atoms with Crippen LogP contribution in [-0.4, -0.2) is 24.7 Å². The number of nitrogen functional groups attached to an aromatic ring is 1. The van der Waals surface area contributed by atoms with Crippen LogP contribution in [0.2, 0.25) is 0 Å². The van der Waals surface area contributed by atoms with Crippen LogP contribution in [-0.2, 0) is 16.1 Å². The molecule has 0 fully saturated rings. The lowest BCUT2D eigenvalue weighted by Crippen LogP contribution is -2.29. The fourth-order valence-electron chi connectivity index (χ4n) is 1.48. The molecule has 6 heteroatoms. The molecular formula is C14H21BrN2O3. The first kappa shape index (κ1) is 17.1. The topological polar surface area (TPSA) is 73.6 Å². The molecule has 0 spiro atoms. The lowest BCUT2D eigenvalue weighted by Gasteiger charge is -2.19. The molecule has 112 valence electrons. The predicted octanol–water partition coefficient (Wildman–Crippen LogP) is 2.38. The molecule has 0 bridgehead atoms. The monoisotopic (exact) mass is 344 g/mol. The first-order valence-corrected chi connectivity index (χ1v) is 7.14. The third kappa shape index (κ3) is 6.00. The van der Waals surface area contributed by atoms with Crippen LogP contribution in [0.4, 0.5) is 0 Å². The smallest absolute Gasteiger partial charge is 0.265 e. The highest BCUT2D eigenvalue weighted by Crippen LogP contribution is 2.19. The second-order valence-electron chi connectivity index (χ2n) is 5.29. The summed E-state index contributed by atoms with van der Waals surface area (Å²) in [5.41, 5.74) is 3.41. The van der Waals surface area contributed by atoms with Crippen LogP contribution in [0.1, 0.15) is 36.7 Å². The van der Waals surface area contributed by atoms with Gasteiger partial charge in [0.2, 0.25) is 0 Å². The van der Waals surface area contributed by atoms with Gasteiger partial charge >= 0.3 is 0 Å². The van der Waals surface area contributed by atoms with Crippen LogP contribution in [0.25, 0.3) is 0 Å². The molecular weight excluding hydrogens is 324 g/mol. The van der Waals surface area contributed by atoms with Gasteiger partial charge in [0.15, 0.2) is 0 Å². The second-order valence-corrected chi connectivity index (χ2v) is 6.15. The van der Waals surface area contributed by atoms with Crippen molar-refractivity contribution in [2.24, 2.45) is 5.84 Å². The van der Waals surface area contributed by atoms with Gasteiger partial charge in [0.25, 0.3) is 5.91 Å². The first-order valence-electron chi connectivity index (χ1n) is 6.34. The number of hydrazine groups is 1. The lowest BCUT2D eigenvalue weighted by atomic mass is 10.1. The number of amides is 1. The van der Waals surface area contributed by atoms with Crippen molar-refractivity contribution >= 4 is 21.8 Å². The molecule has 0 aliphatic rings. The van der Waals surface area contributed by atoms with Gasteiger partial charge in [-0.05, 0) is 38.5 Å². The number of nitrogens with one attached hydrogen (secondary N) is 1. The molecule has 0 saturated carbocycles. The quantitative estimate of drug-likeness (QED) is 0.359. The van der Waals surface area contributed by atoms with Crippen molar-refractivity contribution in [1.82, 2.24) is 5.43 Å². The standard InChI is InChI=1S/C14H21BrN2O3/c1-14(2,3)20-7-6-19-9-11-5-4-10(8-12(11)15)13(18)17-16/h4-5,8H,6-7,9,16H2,1-3H3,(H,17,18). The van der Waals surface area contributed by atoms with Crippen molar-refractivity contribution in [3.05, 3.63) is 33.8 Å². The zero-order valence-electron chi connectivity index (χ0n) is 12.0. The fraction of sp³-hybridized carbons (Fsp3) is 0.500. The Kier molecular flexibility index (Phi) is 6.61. The second kappa shape index (κ2) is 7.73. The molecule has 20 heavy (non-hydrogen) atoms. The molecule has 0 atom stereocenters. The average molecular weight is 345 g/mol. The van der Waals surface area contributed by atoms with E-state index in [1.54, 1.807) is 12.1 Å². The molecule has 0 saturated heterocycles. The third-order valence-electron chi connectivity index (χ3n) is 2.47. The predicted molar refractivity (Wildman–Crippen MR) is 81.2 cm³/mol. The number of hydrogen-bond acceptors (Lipinski definition) is 4. The van der Waals surface area contributed by atoms with E-state index in [9.17, 15) is 4.79 Å². The molecule has 0 aliphatic heterocycles. The highest BCUT2D eigenvalue weighted by Gasteiger charge is 2.10. The van der Waals surface area contributed by atoms with E-state index >= 15 is 0 Å². The van der Waals surface area contributed by atoms with Gasteiger partial charge in [-0.1, -0.05) is 22.0 Å². The Bertz CT molecular complexity index is 458. The molecule has 5 nitrogen and oxygen atoms in total. The molecule has 0 aromatic heterocycles. The maximum absolute atomic E-state index is 11.4. The normalized spacial score (nSPS) is 11.4. The van der Waals surface area contributed by atoms with Crippen molar-refractivity contribution in [2.75, 3.05) is 13.2 Å². The summed E-state index contributed by atoms with van der Waals surface area (Å²) in [7, 11) is 0. The van der Waals surface area contributed by atoms with E-state index in [0.29, 0.717) is 25.4 Å². The van der Waals surface area contributed by atoms with Gasteiger partial charge in [-0.2, -0.15) is 0 Å². The van der Waals surface area contributed by atoms with Gasteiger partial charge in [0, 0.05) is 10.0 Å². The van der Waals surface area contributed by atoms with Gasteiger partial charge in [0.05, 0.1) is 25.4 Å². The maximum atomic E-state index is 11.4. The first-order chi connectivity index (χ1) is 9.33. The van der Waals surface area contributed by atoms with E-state index in [1.807, 2.05) is 26.8 Å². The van der Waals surface area contributed by atoms with Gasteiger partial charge < -0.3 is 9.47 Å². The molecule has 1 aromatic rings. The number of ether oxygens (including phenoxy) is 2. The molecule has 3 N–H and O–H groups in total. The van der Waals surface area contributed by atoms with Crippen LogP contribution in [0.3, 0.4) is 0 Å². The summed E-state index contributed by atoms with van der Waals surface area (Å²) < 4.78 is 11.9. The zero-order chi connectivity index (χ0) is 15.2. The van der Waals surface area contributed by atoms with Crippen LogP contribution in [0.5, 0.6) is 0 Å². The Balaban J connectivity index is 2.43. The Morgan fingerprint density at radius 2 is 2.05 bits per heavy atom.